The van der Waals surface area contributed by atoms with Crippen molar-refractivity contribution in [2.45, 2.75) is 32.6 Å². The number of carbonyl (C=O) groups is 2. The summed E-state index contributed by atoms with van der Waals surface area (Å²) in [5.41, 5.74) is 0.689. The van der Waals surface area contributed by atoms with Gasteiger partial charge in [-0.25, -0.2) is 0 Å². The first-order valence-corrected chi connectivity index (χ1v) is 9.97. The van der Waals surface area contributed by atoms with Crippen LogP contribution in [-0.4, -0.2) is 49.4 Å². The Hall–Kier alpha value is -1.59. The number of halogens is 1. The molecule has 0 radical (unpaired) electrons. The third-order valence-electron chi connectivity index (χ3n) is 5.47. The van der Waals surface area contributed by atoms with Crippen LogP contribution in [-0.2, 0) is 9.59 Å². The van der Waals surface area contributed by atoms with Gasteiger partial charge in [0.25, 0.3) is 0 Å². The van der Waals surface area contributed by atoms with Gasteiger partial charge in [-0.3, -0.25) is 9.59 Å². The average molecular weight is 378 g/mol. The fraction of sp³-hybridized carbons (Fsp3) is 0.600. The van der Waals surface area contributed by atoms with Crippen LogP contribution >= 0.6 is 11.6 Å². The number of rotatable bonds is 6. The summed E-state index contributed by atoms with van der Waals surface area (Å²) in [5, 5.41) is 3.54. The van der Waals surface area contributed by atoms with Crippen molar-refractivity contribution in [2.24, 2.45) is 11.8 Å². The molecule has 0 saturated carbocycles. The maximum atomic E-state index is 12.4. The quantitative estimate of drug-likeness (QED) is 0.775. The van der Waals surface area contributed by atoms with Crippen LogP contribution in [0.15, 0.2) is 24.3 Å². The van der Waals surface area contributed by atoms with Crippen LogP contribution in [0.2, 0.25) is 5.02 Å². The lowest BCUT2D eigenvalue weighted by molar-refractivity contribution is -0.126. The van der Waals surface area contributed by atoms with Gasteiger partial charge in [-0.1, -0.05) is 30.7 Å². The van der Waals surface area contributed by atoms with E-state index in [9.17, 15) is 9.59 Å². The summed E-state index contributed by atoms with van der Waals surface area (Å²) in [6.07, 6.45) is 3.75. The number of likely N-dealkylation sites (tertiary alicyclic amines) is 1. The first kappa shape index (κ1) is 19.2. The normalized spacial score (nSPS) is 22.0. The van der Waals surface area contributed by atoms with Crippen molar-refractivity contribution in [2.75, 3.05) is 37.6 Å². The highest BCUT2D eigenvalue weighted by Gasteiger charge is 2.35. The molecule has 5 nitrogen and oxygen atoms in total. The van der Waals surface area contributed by atoms with Crippen molar-refractivity contribution in [3.05, 3.63) is 29.3 Å². The van der Waals surface area contributed by atoms with Gasteiger partial charge in [0.2, 0.25) is 11.8 Å². The molecule has 2 heterocycles. The summed E-state index contributed by atoms with van der Waals surface area (Å²) in [7, 11) is 0. The second kappa shape index (κ2) is 8.87. The number of anilines is 1. The largest absolute Gasteiger partial charge is 0.356 e. The number of amides is 2. The van der Waals surface area contributed by atoms with Gasteiger partial charge in [-0.2, -0.15) is 0 Å². The van der Waals surface area contributed by atoms with E-state index >= 15 is 0 Å². The van der Waals surface area contributed by atoms with Gasteiger partial charge in [0.1, 0.15) is 0 Å². The van der Waals surface area contributed by atoms with Crippen LogP contribution in [0.3, 0.4) is 0 Å². The first-order valence-electron chi connectivity index (χ1n) is 9.59. The molecule has 1 aromatic rings. The lowest BCUT2D eigenvalue weighted by atomic mass is 9.99. The zero-order valence-electron chi connectivity index (χ0n) is 15.4. The molecular weight excluding hydrogens is 350 g/mol. The Labute approximate surface area is 160 Å². The minimum Gasteiger partial charge on any atom is -0.356 e. The van der Waals surface area contributed by atoms with Crippen LogP contribution in [0.4, 0.5) is 5.69 Å². The number of piperidine rings is 1. The highest BCUT2D eigenvalue weighted by Crippen LogP contribution is 2.31. The zero-order valence-corrected chi connectivity index (χ0v) is 16.2. The number of hydrogen-bond acceptors (Lipinski definition) is 3. The van der Waals surface area contributed by atoms with Gasteiger partial charge < -0.3 is 15.1 Å². The standard InChI is InChI=1S/C20H28ClN3O2/c1-15-7-11-23(12-8-15)10-4-9-22-20(26)16-13-19(25)24(14-16)18-6-3-2-5-17(18)21/h2-3,5-6,15-16H,4,7-14H2,1H3,(H,22,26). The number of nitrogens with zero attached hydrogens (tertiary/aromatic N) is 2. The topological polar surface area (TPSA) is 52.7 Å². The molecule has 2 saturated heterocycles. The molecular formula is C20H28ClN3O2. The predicted octanol–water partition coefficient (Wildman–Crippen LogP) is 2.93. The highest BCUT2D eigenvalue weighted by atomic mass is 35.5. The number of hydrogen-bond donors (Lipinski definition) is 1. The number of carbonyl (C=O) groups excluding carboxylic acids is 2. The summed E-state index contributed by atoms with van der Waals surface area (Å²) >= 11 is 6.18. The summed E-state index contributed by atoms with van der Waals surface area (Å²) in [6, 6.07) is 7.27. The van der Waals surface area contributed by atoms with Crippen LogP contribution in [0.1, 0.15) is 32.6 Å². The molecule has 0 aliphatic carbocycles. The second-order valence-electron chi connectivity index (χ2n) is 7.53. The second-order valence-corrected chi connectivity index (χ2v) is 7.93. The van der Waals surface area contributed by atoms with Gasteiger partial charge in [-0.05, 0) is 56.9 Å². The maximum absolute atomic E-state index is 12.4. The van der Waals surface area contributed by atoms with Gasteiger partial charge in [0, 0.05) is 19.5 Å². The molecule has 1 aromatic carbocycles. The summed E-state index contributed by atoms with van der Waals surface area (Å²) in [6.45, 7) is 6.74. The van der Waals surface area contributed by atoms with E-state index in [0.717, 1.165) is 18.9 Å². The van der Waals surface area contributed by atoms with Crippen molar-refractivity contribution in [3.63, 3.8) is 0 Å². The van der Waals surface area contributed by atoms with Gasteiger partial charge >= 0.3 is 0 Å². The molecule has 2 amide bonds. The summed E-state index contributed by atoms with van der Waals surface area (Å²) < 4.78 is 0. The molecule has 2 fully saturated rings. The molecule has 0 aromatic heterocycles. The minimum atomic E-state index is -0.297. The average Bonchev–Trinajstić information content (AvgIpc) is 3.02. The van der Waals surface area contributed by atoms with Crippen molar-refractivity contribution in [1.82, 2.24) is 10.2 Å². The Morgan fingerprint density at radius 2 is 2.00 bits per heavy atom. The fourth-order valence-corrected chi connectivity index (χ4v) is 3.97. The minimum absolute atomic E-state index is 0.0276. The third-order valence-corrected chi connectivity index (χ3v) is 5.79. The molecule has 142 valence electrons. The van der Waals surface area contributed by atoms with Gasteiger partial charge in [0.05, 0.1) is 16.6 Å². The Balaban J connectivity index is 1.41. The van der Waals surface area contributed by atoms with E-state index in [4.69, 9.17) is 11.6 Å². The number of para-hydroxylation sites is 1. The van der Waals surface area contributed by atoms with E-state index in [2.05, 4.69) is 17.1 Å². The fourth-order valence-electron chi connectivity index (χ4n) is 3.73. The van der Waals surface area contributed by atoms with Crippen LogP contribution in [0, 0.1) is 11.8 Å². The number of benzene rings is 1. The Bertz CT molecular complexity index is 644. The molecule has 2 aliphatic heterocycles. The lowest BCUT2D eigenvalue weighted by Gasteiger charge is -2.30. The van der Waals surface area contributed by atoms with Crippen LogP contribution in [0.5, 0.6) is 0 Å². The predicted molar refractivity (Wildman–Crippen MR) is 104 cm³/mol. The Morgan fingerprint density at radius 3 is 2.73 bits per heavy atom. The molecule has 3 rings (SSSR count). The van der Waals surface area contributed by atoms with E-state index in [1.807, 2.05) is 18.2 Å². The van der Waals surface area contributed by atoms with E-state index < -0.39 is 0 Å². The van der Waals surface area contributed by atoms with Crippen molar-refractivity contribution in [1.29, 1.82) is 0 Å². The molecule has 1 unspecified atom stereocenters. The molecule has 0 bridgehead atoms. The molecule has 2 aliphatic rings. The molecule has 6 heteroatoms. The van der Waals surface area contributed by atoms with Crippen molar-refractivity contribution in [3.8, 4) is 0 Å². The smallest absolute Gasteiger partial charge is 0.227 e. The van der Waals surface area contributed by atoms with Crippen molar-refractivity contribution < 1.29 is 9.59 Å². The van der Waals surface area contributed by atoms with Crippen LogP contribution in [0.25, 0.3) is 0 Å². The van der Waals surface area contributed by atoms with Gasteiger partial charge in [-0.15, -0.1) is 0 Å². The maximum Gasteiger partial charge on any atom is 0.227 e. The third kappa shape index (κ3) is 4.77. The lowest BCUT2D eigenvalue weighted by Crippen LogP contribution is -2.37. The SMILES string of the molecule is CC1CCN(CCCNC(=O)C2CC(=O)N(c3ccccc3Cl)C2)CC1. The molecule has 0 spiro atoms. The van der Waals surface area contributed by atoms with Crippen LogP contribution < -0.4 is 10.2 Å². The highest BCUT2D eigenvalue weighted by molar-refractivity contribution is 6.33. The Kier molecular flexibility index (Phi) is 6.54. The van der Waals surface area contributed by atoms with E-state index in [1.54, 1.807) is 11.0 Å². The molecule has 1 N–H and O–H groups in total. The number of nitrogens with one attached hydrogen (secondary N) is 1. The van der Waals surface area contributed by atoms with E-state index in [-0.39, 0.29) is 24.2 Å². The zero-order chi connectivity index (χ0) is 18.5. The first-order chi connectivity index (χ1) is 12.5. The monoisotopic (exact) mass is 377 g/mol. The van der Waals surface area contributed by atoms with E-state index in [0.29, 0.717) is 23.8 Å². The molecule has 26 heavy (non-hydrogen) atoms. The summed E-state index contributed by atoms with van der Waals surface area (Å²) in [5.74, 6) is 0.474. The Morgan fingerprint density at radius 1 is 1.27 bits per heavy atom. The van der Waals surface area contributed by atoms with E-state index in [1.165, 1.54) is 25.9 Å². The molecule has 1 atom stereocenters. The van der Waals surface area contributed by atoms with Gasteiger partial charge in [0.15, 0.2) is 0 Å². The summed E-state index contributed by atoms with van der Waals surface area (Å²) in [4.78, 5) is 28.8. The van der Waals surface area contributed by atoms with Crippen molar-refractivity contribution >= 4 is 29.1 Å².